The van der Waals surface area contributed by atoms with Crippen LogP contribution in [0.1, 0.15) is 57.8 Å². The van der Waals surface area contributed by atoms with Gasteiger partial charge >= 0.3 is 0 Å². The largest absolute Gasteiger partial charge is 0.310 e. The van der Waals surface area contributed by atoms with Gasteiger partial charge in [-0.3, -0.25) is 0 Å². The van der Waals surface area contributed by atoms with Gasteiger partial charge in [-0.15, -0.1) is 0 Å². The van der Waals surface area contributed by atoms with E-state index in [-0.39, 0.29) is 0 Å². The highest BCUT2D eigenvalue weighted by molar-refractivity contribution is 4.85. The van der Waals surface area contributed by atoms with Crippen molar-refractivity contribution in [2.24, 2.45) is 5.92 Å². The minimum Gasteiger partial charge on any atom is -0.310 e. The molecule has 3 rings (SSSR count). The lowest BCUT2D eigenvalue weighted by Gasteiger charge is -2.38. The third-order valence-corrected chi connectivity index (χ3v) is 5.07. The van der Waals surface area contributed by atoms with Gasteiger partial charge in [0.25, 0.3) is 0 Å². The molecule has 1 aliphatic heterocycles. The molecule has 0 radical (unpaired) electrons. The van der Waals surface area contributed by atoms with Crippen LogP contribution in [-0.2, 0) is 0 Å². The van der Waals surface area contributed by atoms with Crippen molar-refractivity contribution in [3.63, 3.8) is 0 Å². The molecule has 17 heavy (non-hydrogen) atoms. The fourth-order valence-corrected chi connectivity index (χ4v) is 3.82. The minimum absolute atomic E-state index is 0.798. The predicted molar refractivity (Wildman–Crippen MR) is 72.2 cm³/mol. The van der Waals surface area contributed by atoms with Gasteiger partial charge in [0.05, 0.1) is 0 Å². The normalized spacial score (nSPS) is 32.8. The Balaban J connectivity index is 1.42. The summed E-state index contributed by atoms with van der Waals surface area (Å²) in [6, 6.07) is 1.65. The number of nitrogens with one attached hydrogen (secondary N) is 1. The zero-order valence-corrected chi connectivity index (χ0v) is 11.2. The topological polar surface area (TPSA) is 15.3 Å². The predicted octanol–water partition coefficient (Wildman–Crippen LogP) is 2.78. The third kappa shape index (κ3) is 3.23. The van der Waals surface area contributed by atoms with Crippen LogP contribution >= 0.6 is 0 Å². The maximum absolute atomic E-state index is 3.92. The molecule has 2 saturated carbocycles. The number of likely N-dealkylation sites (tertiary alicyclic amines) is 1. The van der Waals surface area contributed by atoms with Crippen molar-refractivity contribution in [2.45, 2.75) is 69.9 Å². The van der Waals surface area contributed by atoms with E-state index in [1.165, 1.54) is 77.4 Å². The molecule has 1 heterocycles. The van der Waals surface area contributed by atoms with Crippen molar-refractivity contribution in [1.82, 2.24) is 10.2 Å². The van der Waals surface area contributed by atoms with Gasteiger partial charge in [0.2, 0.25) is 0 Å². The summed E-state index contributed by atoms with van der Waals surface area (Å²) in [5, 5.41) is 3.92. The minimum atomic E-state index is 0.798. The van der Waals surface area contributed by atoms with Crippen LogP contribution in [-0.4, -0.2) is 36.6 Å². The summed E-state index contributed by atoms with van der Waals surface area (Å²) in [5.74, 6) is 1.04. The van der Waals surface area contributed by atoms with Gasteiger partial charge in [0.15, 0.2) is 0 Å². The zero-order chi connectivity index (χ0) is 11.5. The lowest BCUT2D eigenvalue weighted by Crippen LogP contribution is -2.49. The van der Waals surface area contributed by atoms with Gasteiger partial charge in [-0.2, -0.15) is 0 Å². The van der Waals surface area contributed by atoms with E-state index in [4.69, 9.17) is 0 Å². The quantitative estimate of drug-likeness (QED) is 0.807. The monoisotopic (exact) mass is 236 g/mol. The standard InChI is InChI=1S/C15H28N2/c1-2-8-14(7-1)16-15-9-4-10-17(12-15)11-13-5-3-6-13/h13-16H,1-12H2. The highest BCUT2D eigenvalue weighted by Crippen LogP contribution is 2.28. The van der Waals surface area contributed by atoms with Crippen molar-refractivity contribution < 1.29 is 0 Å². The molecule has 1 atom stereocenters. The fraction of sp³-hybridized carbons (Fsp3) is 1.00. The Bertz CT molecular complexity index is 231. The lowest BCUT2D eigenvalue weighted by atomic mass is 9.84. The molecule has 1 N–H and O–H groups in total. The lowest BCUT2D eigenvalue weighted by molar-refractivity contribution is 0.131. The summed E-state index contributed by atoms with van der Waals surface area (Å²) in [5.41, 5.74) is 0. The van der Waals surface area contributed by atoms with Gasteiger partial charge in [0, 0.05) is 25.2 Å². The second kappa shape index (κ2) is 5.71. The molecule has 2 nitrogen and oxygen atoms in total. The van der Waals surface area contributed by atoms with Gasteiger partial charge in [0.1, 0.15) is 0 Å². The first-order valence-electron chi connectivity index (χ1n) is 7.88. The zero-order valence-electron chi connectivity index (χ0n) is 11.2. The second-order valence-corrected chi connectivity index (χ2v) is 6.54. The van der Waals surface area contributed by atoms with E-state index in [0.717, 1.165) is 18.0 Å². The van der Waals surface area contributed by atoms with Crippen LogP contribution in [0.5, 0.6) is 0 Å². The van der Waals surface area contributed by atoms with Gasteiger partial charge < -0.3 is 10.2 Å². The summed E-state index contributed by atoms with van der Waals surface area (Å²) in [6.45, 7) is 4.08. The maximum atomic E-state index is 3.92. The summed E-state index contributed by atoms with van der Waals surface area (Å²) in [4.78, 5) is 2.74. The van der Waals surface area contributed by atoms with Gasteiger partial charge in [-0.1, -0.05) is 19.3 Å². The molecule has 3 aliphatic rings. The molecule has 0 aromatic rings. The summed E-state index contributed by atoms with van der Waals surface area (Å²) >= 11 is 0. The Morgan fingerprint density at radius 1 is 0.824 bits per heavy atom. The van der Waals surface area contributed by atoms with Crippen molar-refractivity contribution in [1.29, 1.82) is 0 Å². The average molecular weight is 236 g/mol. The molecule has 0 bridgehead atoms. The Morgan fingerprint density at radius 2 is 1.59 bits per heavy atom. The van der Waals surface area contributed by atoms with E-state index in [0.29, 0.717) is 0 Å². The van der Waals surface area contributed by atoms with Crippen LogP contribution in [0.2, 0.25) is 0 Å². The van der Waals surface area contributed by atoms with E-state index < -0.39 is 0 Å². The number of nitrogens with zero attached hydrogens (tertiary/aromatic N) is 1. The Kier molecular flexibility index (Phi) is 4.02. The second-order valence-electron chi connectivity index (χ2n) is 6.54. The van der Waals surface area contributed by atoms with Gasteiger partial charge in [-0.05, 0) is 51.0 Å². The molecule has 3 fully saturated rings. The molecular weight excluding hydrogens is 208 g/mol. The fourth-order valence-electron chi connectivity index (χ4n) is 3.82. The summed E-state index contributed by atoms with van der Waals surface area (Å²) in [7, 11) is 0. The van der Waals surface area contributed by atoms with Crippen molar-refractivity contribution >= 4 is 0 Å². The van der Waals surface area contributed by atoms with Crippen molar-refractivity contribution in [3.05, 3.63) is 0 Å². The molecule has 1 unspecified atom stereocenters. The van der Waals surface area contributed by atoms with Crippen LogP contribution in [0.25, 0.3) is 0 Å². The van der Waals surface area contributed by atoms with E-state index >= 15 is 0 Å². The molecule has 1 saturated heterocycles. The van der Waals surface area contributed by atoms with Crippen LogP contribution < -0.4 is 5.32 Å². The Morgan fingerprint density at radius 3 is 2.29 bits per heavy atom. The van der Waals surface area contributed by atoms with Crippen molar-refractivity contribution in [3.8, 4) is 0 Å². The first-order chi connectivity index (χ1) is 8.40. The van der Waals surface area contributed by atoms with E-state index in [1.807, 2.05) is 0 Å². The van der Waals surface area contributed by atoms with Gasteiger partial charge in [-0.25, -0.2) is 0 Å². The van der Waals surface area contributed by atoms with Crippen LogP contribution in [0.3, 0.4) is 0 Å². The first kappa shape index (κ1) is 12.0. The first-order valence-corrected chi connectivity index (χ1v) is 7.88. The summed E-state index contributed by atoms with van der Waals surface area (Å²) < 4.78 is 0. The van der Waals surface area contributed by atoms with Crippen molar-refractivity contribution in [2.75, 3.05) is 19.6 Å². The Labute approximate surface area is 106 Å². The molecular formula is C15H28N2. The Hall–Kier alpha value is -0.0800. The molecule has 2 aliphatic carbocycles. The number of piperidine rings is 1. The smallest absolute Gasteiger partial charge is 0.0198 e. The van der Waals surface area contributed by atoms with E-state index in [9.17, 15) is 0 Å². The average Bonchev–Trinajstić information content (AvgIpc) is 2.77. The molecule has 98 valence electrons. The van der Waals surface area contributed by atoms with Crippen LogP contribution in [0.15, 0.2) is 0 Å². The molecule has 2 heteroatoms. The number of hydrogen-bond donors (Lipinski definition) is 1. The highest BCUT2D eigenvalue weighted by atomic mass is 15.2. The van der Waals surface area contributed by atoms with E-state index in [2.05, 4.69) is 10.2 Å². The van der Waals surface area contributed by atoms with E-state index in [1.54, 1.807) is 0 Å². The van der Waals surface area contributed by atoms with Crippen LogP contribution in [0, 0.1) is 5.92 Å². The highest BCUT2D eigenvalue weighted by Gasteiger charge is 2.26. The molecule has 0 spiro atoms. The third-order valence-electron chi connectivity index (χ3n) is 5.07. The maximum Gasteiger partial charge on any atom is 0.0198 e. The SMILES string of the molecule is C1CC(CN2CCCC(NC3CCCC3)C2)C1. The number of hydrogen-bond acceptors (Lipinski definition) is 2. The number of rotatable bonds is 4. The molecule has 0 amide bonds. The van der Waals surface area contributed by atoms with Crippen LogP contribution in [0.4, 0.5) is 0 Å². The summed E-state index contributed by atoms with van der Waals surface area (Å²) in [6.07, 6.45) is 13.1. The molecule has 0 aromatic carbocycles. The molecule has 0 aromatic heterocycles.